The Balaban J connectivity index is 2.56. The van der Waals surface area contributed by atoms with E-state index in [1.807, 2.05) is 19.1 Å². The number of nitrogens with one attached hydrogen (secondary N) is 1. The van der Waals surface area contributed by atoms with Crippen molar-refractivity contribution in [1.82, 2.24) is 9.88 Å². The summed E-state index contributed by atoms with van der Waals surface area (Å²) in [6.07, 6.45) is 2.27. The molecule has 1 aromatic rings. The van der Waals surface area contributed by atoms with E-state index in [0.717, 1.165) is 43.1 Å². The highest BCUT2D eigenvalue weighted by Gasteiger charge is 2.10. The van der Waals surface area contributed by atoms with E-state index in [1.54, 1.807) is 0 Å². The molecule has 1 rings (SSSR count). The molecule has 0 aromatic carbocycles. The lowest BCUT2D eigenvalue weighted by Gasteiger charge is -2.21. The third-order valence-electron chi connectivity index (χ3n) is 3.69. The second-order valence-corrected chi connectivity index (χ2v) is 5.87. The maximum atomic E-state index is 5.76. The van der Waals surface area contributed by atoms with Crippen LogP contribution in [0.1, 0.15) is 44.9 Å². The highest BCUT2D eigenvalue weighted by atomic mass is 32.1. The summed E-state index contributed by atoms with van der Waals surface area (Å²) in [5.41, 5.74) is 7.55. The van der Waals surface area contributed by atoms with Gasteiger partial charge in [0.15, 0.2) is 0 Å². The van der Waals surface area contributed by atoms with Crippen LogP contribution in [0.2, 0.25) is 0 Å². The Kier molecular flexibility index (Phi) is 7.61. The van der Waals surface area contributed by atoms with Gasteiger partial charge in [0, 0.05) is 11.7 Å². The molecule has 118 valence electrons. The topological polar surface area (TPSA) is 54.2 Å². The van der Waals surface area contributed by atoms with E-state index in [0.29, 0.717) is 11.0 Å². The number of nitrogens with two attached hydrogens (primary N) is 1. The number of rotatable bonds is 9. The van der Waals surface area contributed by atoms with Crippen molar-refractivity contribution < 1.29 is 0 Å². The molecule has 0 amide bonds. The van der Waals surface area contributed by atoms with E-state index in [-0.39, 0.29) is 0 Å². The lowest BCUT2D eigenvalue weighted by atomic mass is 10.1. The lowest BCUT2D eigenvalue weighted by molar-refractivity contribution is 0.295. The molecule has 0 spiro atoms. The number of anilines is 1. The SMILES string of the molecule is CCN(CC)CCCC(C)Nc1nc(C)ccc1C(N)=S. The Morgan fingerprint density at radius 3 is 2.62 bits per heavy atom. The minimum Gasteiger partial charge on any atom is -0.389 e. The largest absolute Gasteiger partial charge is 0.389 e. The zero-order valence-electron chi connectivity index (χ0n) is 13.6. The fraction of sp³-hybridized carbons (Fsp3) is 0.625. The molecule has 0 bridgehead atoms. The first-order valence-electron chi connectivity index (χ1n) is 7.74. The molecule has 0 aliphatic heterocycles. The summed E-state index contributed by atoms with van der Waals surface area (Å²) in [5, 5.41) is 3.45. The average Bonchev–Trinajstić information content (AvgIpc) is 2.43. The third-order valence-corrected chi connectivity index (χ3v) is 3.91. The minimum absolute atomic E-state index is 0.350. The van der Waals surface area contributed by atoms with Crippen LogP contribution in [0.3, 0.4) is 0 Å². The molecule has 0 saturated heterocycles. The summed E-state index contributed by atoms with van der Waals surface area (Å²) in [6.45, 7) is 11.9. The number of thiocarbonyl (C=S) groups is 1. The van der Waals surface area contributed by atoms with Gasteiger partial charge in [0.05, 0.1) is 5.56 Å². The van der Waals surface area contributed by atoms with Gasteiger partial charge in [0.2, 0.25) is 0 Å². The van der Waals surface area contributed by atoms with Crippen LogP contribution in [0.25, 0.3) is 0 Å². The Morgan fingerprint density at radius 2 is 2.05 bits per heavy atom. The van der Waals surface area contributed by atoms with E-state index >= 15 is 0 Å². The molecule has 0 aliphatic rings. The highest BCUT2D eigenvalue weighted by Crippen LogP contribution is 2.16. The van der Waals surface area contributed by atoms with Crippen LogP contribution in [0, 0.1) is 6.92 Å². The third kappa shape index (κ3) is 5.98. The first-order valence-corrected chi connectivity index (χ1v) is 8.15. The molecule has 0 aliphatic carbocycles. The Morgan fingerprint density at radius 1 is 1.38 bits per heavy atom. The van der Waals surface area contributed by atoms with Gasteiger partial charge in [-0.25, -0.2) is 4.98 Å². The van der Waals surface area contributed by atoms with Crippen LogP contribution >= 0.6 is 12.2 Å². The van der Waals surface area contributed by atoms with Gasteiger partial charge in [0.1, 0.15) is 10.8 Å². The molecule has 4 nitrogen and oxygen atoms in total. The van der Waals surface area contributed by atoms with Crippen LogP contribution in [-0.4, -0.2) is 40.5 Å². The predicted octanol–water partition coefficient (Wildman–Crippen LogP) is 2.95. The van der Waals surface area contributed by atoms with Gasteiger partial charge in [-0.3, -0.25) is 0 Å². The summed E-state index contributed by atoms with van der Waals surface area (Å²) in [4.78, 5) is 7.35. The number of aromatic nitrogens is 1. The lowest BCUT2D eigenvalue weighted by Crippen LogP contribution is -2.26. The predicted molar refractivity (Wildman–Crippen MR) is 95.0 cm³/mol. The summed E-state index contributed by atoms with van der Waals surface area (Å²) in [7, 11) is 0. The van der Waals surface area contributed by atoms with Crippen molar-refractivity contribution in [3.63, 3.8) is 0 Å². The number of nitrogens with zero attached hydrogens (tertiary/aromatic N) is 2. The van der Waals surface area contributed by atoms with Crippen molar-refractivity contribution >= 4 is 23.0 Å². The first-order chi connectivity index (χ1) is 9.97. The molecular formula is C16H28N4S. The van der Waals surface area contributed by atoms with Crippen LogP contribution in [0.4, 0.5) is 5.82 Å². The Labute approximate surface area is 134 Å². The van der Waals surface area contributed by atoms with E-state index in [9.17, 15) is 0 Å². The van der Waals surface area contributed by atoms with Crippen molar-refractivity contribution in [2.24, 2.45) is 5.73 Å². The van der Waals surface area contributed by atoms with Gasteiger partial charge < -0.3 is 16.0 Å². The normalized spacial score (nSPS) is 12.4. The molecule has 0 saturated carbocycles. The molecule has 3 N–H and O–H groups in total. The molecule has 1 heterocycles. The van der Waals surface area contributed by atoms with Crippen LogP contribution in [-0.2, 0) is 0 Å². The maximum Gasteiger partial charge on any atom is 0.136 e. The first kappa shape index (κ1) is 17.9. The van der Waals surface area contributed by atoms with Gasteiger partial charge in [-0.1, -0.05) is 26.1 Å². The van der Waals surface area contributed by atoms with E-state index in [1.165, 1.54) is 6.42 Å². The van der Waals surface area contributed by atoms with Crippen LogP contribution < -0.4 is 11.1 Å². The molecule has 1 atom stereocenters. The number of hydrogen-bond acceptors (Lipinski definition) is 4. The van der Waals surface area contributed by atoms with Gasteiger partial charge in [-0.15, -0.1) is 0 Å². The van der Waals surface area contributed by atoms with Crippen LogP contribution in [0.15, 0.2) is 12.1 Å². The quantitative estimate of drug-likeness (QED) is 0.687. The second-order valence-electron chi connectivity index (χ2n) is 5.43. The van der Waals surface area contributed by atoms with E-state index in [4.69, 9.17) is 18.0 Å². The van der Waals surface area contributed by atoms with Gasteiger partial charge >= 0.3 is 0 Å². The number of aryl methyl sites for hydroxylation is 1. The van der Waals surface area contributed by atoms with Crippen molar-refractivity contribution in [1.29, 1.82) is 0 Å². The van der Waals surface area contributed by atoms with Crippen molar-refractivity contribution in [3.8, 4) is 0 Å². The Bertz CT molecular complexity index is 458. The van der Waals surface area contributed by atoms with Gasteiger partial charge in [0.25, 0.3) is 0 Å². The molecule has 1 unspecified atom stereocenters. The zero-order chi connectivity index (χ0) is 15.8. The molecule has 5 heteroatoms. The number of hydrogen-bond donors (Lipinski definition) is 2. The summed E-state index contributed by atoms with van der Waals surface area (Å²) < 4.78 is 0. The Hall–Kier alpha value is -1.20. The van der Waals surface area contributed by atoms with Gasteiger partial charge in [-0.2, -0.15) is 0 Å². The molecular weight excluding hydrogens is 280 g/mol. The summed E-state index contributed by atoms with van der Waals surface area (Å²) in [5.74, 6) is 0.804. The molecule has 0 radical (unpaired) electrons. The fourth-order valence-electron chi connectivity index (χ4n) is 2.33. The molecule has 0 fully saturated rings. The molecule has 21 heavy (non-hydrogen) atoms. The minimum atomic E-state index is 0.350. The number of pyridine rings is 1. The van der Waals surface area contributed by atoms with Crippen molar-refractivity contribution in [3.05, 3.63) is 23.4 Å². The summed E-state index contributed by atoms with van der Waals surface area (Å²) in [6, 6.07) is 4.23. The smallest absolute Gasteiger partial charge is 0.136 e. The zero-order valence-corrected chi connectivity index (χ0v) is 14.5. The van der Waals surface area contributed by atoms with Crippen molar-refractivity contribution in [2.45, 2.75) is 46.6 Å². The highest BCUT2D eigenvalue weighted by molar-refractivity contribution is 7.80. The van der Waals surface area contributed by atoms with Crippen LogP contribution in [0.5, 0.6) is 0 Å². The summed E-state index contributed by atoms with van der Waals surface area (Å²) >= 11 is 5.09. The fourth-order valence-corrected chi connectivity index (χ4v) is 2.50. The van der Waals surface area contributed by atoms with Crippen molar-refractivity contribution in [2.75, 3.05) is 25.0 Å². The monoisotopic (exact) mass is 308 g/mol. The second kappa shape index (κ2) is 8.95. The van der Waals surface area contributed by atoms with E-state index < -0.39 is 0 Å². The maximum absolute atomic E-state index is 5.76. The van der Waals surface area contributed by atoms with Gasteiger partial charge in [-0.05, 0) is 58.5 Å². The average molecular weight is 308 g/mol. The van der Waals surface area contributed by atoms with E-state index in [2.05, 4.69) is 36.0 Å². The molecule has 1 aromatic heterocycles. The standard InChI is InChI=1S/C16H28N4S/c1-5-20(6-2)11-7-8-12(3)18-16-14(15(17)21)10-9-13(4)19-16/h9-10,12H,5-8,11H2,1-4H3,(H2,17,21)(H,18,19).